The maximum absolute atomic E-state index is 12.6. The second kappa shape index (κ2) is 10.4. The van der Waals surface area contributed by atoms with Gasteiger partial charge in [0.1, 0.15) is 0 Å². The summed E-state index contributed by atoms with van der Waals surface area (Å²) < 4.78 is 0. The van der Waals surface area contributed by atoms with E-state index in [1.165, 1.54) is 16.9 Å². The second-order valence-electron chi connectivity index (χ2n) is 6.61. The van der Waals surface area contributed by atoms with E-state index in [0.717, 1.165) is 16.9 Å². The molecule has 0 spiro atoms. The summed E-state index contributed by atoms with van der Waals surface area (Å²) in [6.07, 6.45) is 0.959. The van der Waals surface area contributed by atoms with Crippen molar-refractivity contribution in [3.8, 4) is 0 Å². The molecule has 1 heterocycles. The SMILES string of the molecule is CCc1ccc(CNC(=O)c2ccccc2NC(=O)C(=O)NCc2cccs2)cc1. The molecule has 0 aliphatic heterocycles. The van der Waals surface area contributed by atoms with E-state index < -0.39 is 11.8 Å². The molecular formula is C23H23N3O3S. The number of carbonyl (C=O) groups is 3. The van der Waals surface area contributed by atoms with E-state index in [-0.39, 0.29) is 18.1 Å². The number of carbonyl (C=O) groups excluding carboxylic acids is 3. The number of rotatable bonds is 7. The third-order valence-corrected chi connectivity index (χ3v) is 5.39. The molecule has 7 heteroatoms. The van der Waals surface area contributed by atoms with Gasteiger partial charge in [0.25, 0.3) is 5.91 Å². The molecule has 0 aliphatic carbocycles. The molecule has 0 unspecified atom stereocenters. The van der Waals surface area contributed by atoms with E-state index in [1.54, 1.807) is 24.3 Å². The summed E-state index contributed by atoms with van der Waals surface area (Å²) in [6.45, 7) is 2.74. The fourth-order valence-electron chi connectivity index (χ4n) is 2.80. The van der Waals surface area contributed by atoms with Gasteiger partial charge in [0, 0.05) is 11.4 Å². The summed E-state index contributed by atoms with van der Waals surface area (Å²) >= 11 is 1.49. The minimum Gasteiger partial charge on any atom is -0.348 e. The summed E-state index contributed by atoms with van der Waals surface area (Å²) in [5.41, 5.74) is 2.79. The number of aryl methyl sites for hydroxylation is 1. The van der Waals surface area contributed by atoms with Crippen molar-refractivity contribution in [1.29, 1.82) is 0 Å². The minimum atomic E-state index is -0.818. The van der Waals surface area contributed by atoms with E-state index in [0.29, 0.717) is 12.1 Å². The molecule has 0 saturated carbocycles. The van der Waals surface area contributed by atoms with Gasteiger partial charge in [-0.05, 0) is 41.1 Å². The normalized spacial score (nSPS) is 10.3. The number of nitrogens with one attached hydrogen (secondary N) is 3. The number of anilines is 1. The van der Waals surface area contributed by atoms with Gasteiger partial charge in [-0.1, -0.05) is 49.4 Å². The van der Waals surface area contributed by atoms with Crippen LogP contribution in [-0.2, 0) is 29.1 Å². The van der Waals surface area contributed by atoms with E-state index >= 15 is 0 Å². The monoisotopic (exact) mass is 421 g/mol. The molecule has 30 heavy (non-hydrogen) atoms. The predicted molar refractivity (Wildman–Crippen MR) is 118 cm³/mol. The maximum atomic E-state index is 12.6. The van der Waals surface area contributed by atoms with E-state index in [4.69, 9.17) is 0 Å². The maximum Gasteiger partial charge on any atom is 0.313 e. The van der Waals surface area contributed by atoms with Gasteiger partial charge in [0.05, 0.1) is 17.8 Å². The van der Waals surface area contributed by atoms with Gasteiger partial charge < -0.3 is 16.0 Å². The lowest BCUT2D eigenvalue weighted by Gasteiger charge is -2.12. The number of para-hydroxylation sites is 1. The van der Waals surface area contributed by atoms with Crippen LogP contribution in [0, 0.1) is 0 Å². The van der Waals surface area contributed by atoms with Crippen LogP contribution in [0.25, 0.3) is 0 Å². The lowest BCUT2D eigenvalue weighted by molar-refractivity contribution is -0.136. The molecule has 6 nitrogen and oxygen atoms in total. The quantitative estimate of drug-likeness (QED) is 0.510. The molecule has 0 saturated heterocycles. The zero-order chi connectivity index (χ0) is 21.3. The fourth-order valence-corrected chi connectivity index (χ4v) is 3.44. The van der Waals surface area contributed by atoms with Crippen LogP contribution in [0.3, 0.4) is 0 Å². The molecule has 0 aliphatic rings. The van der Waals surface area contributed by atoms with Crippen molar-refractivity contribution in [1.82, 2.24) is 10.6 Å². The number of amides is 3. The lowest BCUT2D eigenvalue weighted by atomic mass is 10.1. The van der Waals surface area contributed by atoms with Gasteiger partial charge in [-0.2, -0.15) is 0 Å². The average Bonchev–Trinajstić information content (AvgIpc) is 3.30. The molecule has 3 aromatic rings. The molecule has 0 atom stereocenters. The second-order valence-corrected chi connectivity index (χ2v) is 7.65. The zero-order valence-corrected chi connectivity index (χ0v) is 17.4. The highest BCUT2D eigenvalue weighted by atomic mass is 32.1. The molecule has 3 amide bonds. The van der Waals surface area contributed by atoms with Gasteiger partial charge in [-0.15, -0.1) is 11.3 Å². The highest BCUT2D eigenvalue weighted by Gasteiger charge is 2.17. The third-order valence-electron chi connectivity index (χ3n) is 4.51. The number of hydrogen-bond acceptors (Lipinski definition) is 4. The number of hydrogen-bond donors (Lipinski definition) is 3. The van der Waals surface area contributed by atoms with E-state index in [1.807, 2.05) is 41.8 Å². The van der Waals surface area contributed by atoms with Gasteiger partial charge in [-0.3, -0.25) is 14.4 Å². The zero-order valence-electron chi connectivity index (χ0n) is 16.6. The molecule has 2 aromatic carbocycles. The first-order chi connectivity index (χ1) is 14.6. The Morgan fingerprint density at radius 2 is 1.53 bits per heavy atom. The molecule has 3 rings (SSSR count). The Morgan fingerprint density at radius 3 is 2.23 bits per heavy atom. The average molecular weight is 422 g/mol. The Bertz CT molecular complexity index is 1010. The van der Waals surface area contributed by atoms with Crippen molar-refractivity contribution in [2.24, 2.45) is 0 Å². The Kier molecular flexibility index (Phi) is 7.34. The van der Waals surface area contributed by atoms with Crippen molar-refractivity contribution in [3.05, 3.63) is 87.6 Å². The standard InChI is InChI=1S/C23H23N3O3S/c1-2-16-9-11-17(12-10-16)14-24-21(27)19-7-3-4-8-20(19)26-23(29)22(28)25-15-18-6-5-13-30-18/h3-13H,2,14-15H2,1H3,(H,24,27)(H,25,28)(H,26,29). The molecule has 154 valence electrons. The lowest BCUT2D eigenvalue weighted by Crippen LogP contribution is -2.35. The summed E-state index contributed by atoms with van der Waals surface area (Å²) in [6, 6.07) is 18.4. The van der Waals surface area contributed by atoms with Gasteiger partial charge >= 0.3 is 11.8 Å². The molecule has 3 N–H and O–H groups in total. The summed E-state index contributed by atoms with van der Waals surface area (Å²) in [7, 11) is 0. The van der Waals surface area contributed by atoms with Crippen LogP contribution in [0.15, 0.2) is 66.0 Å². The summed E-state index contributed by atoms with van der Waals surface area (Å²) in [5, 5.41) is 9.84. The van der Waals surface area contributed by atoms with Crippen molar-refractivity contribution < 1.29 is 14.4 Å². The summed E-state index contributed by atoms with van der Waals surface area (Å²) in [5.74, 6) is -1.90. The van der Waals surface area contributed by atoms with Crippen LogP contribution in [0.4, 0.5) is 5.69 Å². The number of benzene rings is 2. The predicted octanol–water partition coefficient (Wildman–Crippen LogP) is 3.50. The Labute approximate surface area is 179 Å². The van der Waals surface area contributed by atoms with E-state index in [2.05, 4.69) is 22.9 Å². The molecular weight excluding hydrogens is 398 g/mol. The van der Waals surface area contributed by atoms with Crippen molar-refractivity contribution in [2.75, 3.05) is 5.32 Å². The van der Waals surface area contributed by atoms with Crippen LogP contribution in [0.1, 0.15) is 33.3 Å². The first kappa shape index (κ1) is 21.3. The van der Waals surface area contributed by atoms with Crippen molar-refractivity contribution >= 4 is 34.7 Å². The first-order valence-electron chi connectivity index (χ1n) is 9.63. The Morgan fingerprint density at radius 1 is 0.800 bits per heavy atom. The van der Waals surface area contributed by atoms with Crippen LogP contribution in [-0.4, -0.2) is 17.7 Å². The highest BCUT2D eigenvalue weighted by Crippen LogP contribution is 2.15. The third kappa shape index (κ3) is 5.78. The fraction of sp³-hybridized carbons (Fsp3) is 0.174. The van der Waals surface area contributed by atoms with E-state index in [9.17, 15) is 14.4 Å². The molecule has 0 radical (unpaired) electrons. The van der Waals surface area contributed by atoms with Gasteiger partial charge in [0.15, 0.2) is 0 Å². The van der Waals surface area contributed by atoms with Crippen molar-refractivity contribution in [3.63, 3.8) is 0 Å². The van der Waals surface area contributed by atoms with Gasteiger partial charge in [0.2, 0.25) is 0 Å². The smallest absolute Gasteiger partial charge is 0.313 e. The van der Waals surface area contributed by atoms with Crippen LogP contribution in [0.5, 0.6) is 0 Å². The highest BCUT2D eigenvalue weighted by molar-refractivity contribution is 7.09. The molecule has 0 fully saturated rings. The van der Waals surface area contributed by atoms with Crippen LogP contribution in [0.2, 0.25) is 0 Å². The first-order valence-corrected chi connectivity index (χ1v) is 10.5. The Balaban J connectivity index is 1.59. The minimum absolute atomic E-state index is 0.281. The van der Waals surface area contributed by atoms with Crippen molar-refractivity contribution in [2.45, 2.75) is 26.4 Å². The molecule has 1 aromatic heterocycles. The molecule has 0 bridgehead atoms. The topological polar surface area (TPSA) is 87.3 Å². The largest absolute Gasteiger partial charge is 0.348 e. The summed E-state index contributed by atoms with van der Waals surface area (Å²) in [4.78, 5) is 37.9. The van der Waals surface area contributed by atoms with Crippen LogP contribution >= 0.6 is 11.3 Å². The Hall–Kier alpha value is -3.45. The van der Waals surface area contributed by atoms with Crippen LogP contribution < -0.4 is 16.0 Å². The number of thiophene rings is 1. The van der Waals surface area contributed by atoms with Gasteiger partial charge in [-0.25, -0.2) is 0 Å².